The van der Waals surface area contributed by atoms with E-state index in [0.29, 0.717) is 11.6 Å². The van der Waals surface area contributed by atoms with Gasteiger partial charge in [0.15, 0.2) is 0 Å². The summed E-state index contributed by atoms with van der Waals surface area (Å²) in [5, 5.41) is 5.81. The van der Waals surface area contributed by atoms with Crippen LogP contribution in [0.4, 0.5) is 0 Å². The highest BCUT2D eigenvalue weighted by Crippen LogP contribution is 2.19. The molecule has 112 valence electrons. The Bertz CT molecular complexity index is 530. The van der Waals surface area contributed by atoms with Gasteiger partial charge >= 0.3 is 0 Å². The SMILES string of the molecule is CCC(C)NC(=O)/C=C/c1ccc(C(=O)NC2CC2)cc1. The zero-order valence-electron chi connectivity index (χ0n) is 12.6. The number of carbonyl (C=O) groups is 2. The van der Waals surface area contributed by atoms with Gasteiger partial charge in [0.05, 0.1) is 0 Å². The first-order valence-electron chi connectivity index (χ1n) is 7.48. The summed E-state index contributed by atoms with van der Waals surface area (Å²) in [5.74, 6) is -0.123. The van der Waals surface area contributed by atoms with E-state index in [4.69, 9.17) is 0 Å². The minimum atomic E-state index is -0.0973. The molecule has 1 atom stereocenters. The van der Waals surface area contributed by atoms with Crippen molar-refractivity contribution < 1.29 is 9.59 Å². The van der Waals surface area contributed by atoms with Crippen LogP contribution in [0.2, 0.25) is 0 Å². The number of hydrogen-bond acceptors (Lipinski definition) is 2. The molecule has 0 aliphatic heterocycles. The molecule has 4 heteroatoms. The van der Waals surface area contributed by atoms with Gasteiger partial charge < -0.3 is 10.6 Å². The highest BCUT2D eigenvalue weighted by Gasteiger charge is 2.23. The molecule has 1 aliphatic rings. The van der Waals surface area contributed by atoms with Crippen LogP contribution in [0.5, 0.6) is 0 Å². The molecule has 1 aromatic carbocycles. The Kier molecular flexibility index (Phi) is 5.14. The van der Waals surface area contributed by atoms with Gasteiger partial charge in [-0.3, -0.25) is 9.59 Å². The molecule has 0 heterocycles. The van der Waals surface area contributed by atoms with Gasteiger partial charge in [0.25, 0.3) is 5.91 Å². The van der Waals surface area contributed by atoms with Gasteiger partial charge in [0, 0.05) is 23.7 Å². The molecule has 4 nitrogen and oxygen atoms in total. The average Bonchev–Trinajstić information content (AvgIpc) is 3.29. The molecule has 0 aromatic heterocycles. The highest BCUT2D eigenvalue weighted by molar-refractivity contribution is 5.95. The van der Waals surface area contributed by atoms with Gasteiger partial charge in [-0.1, -0.05) is 19.1 Å². The molecule has 21 heavy (non-hydrogen) atoms. The largest absolute Gasteiger partial charge is 0.350 e. The van der Waals surface area contributed by atoms with Crippen molar-refractivity contribution in [2.24, 2.45) is 0 Å². The fourth-order valence-electron chi connectivity index (χ4n) is 1.81. The van der Waals surface area contributed by atoms with Crippen LogP contribution in [0.25, 0.3) is 6.08 Å². The zero-order valence-corrected chi connectivity index (χ0v) is 12.6. The summed E-state index contributed by atoms with van der Waals surface area (Å²) >= 11 is 0. The van der Waals surface area contributed by atoms with Gasteiger partial charge in [-0.15, -0.1) is 0 Å². The smallest absolute Gasteiger partial charge is 0.251 e. The maximum Gasteiger partial charge on any atom is 0.251 e. The van der Waals surface area contributed by atoms with Crippen LogP contribution in [0.3, 0.4) is 0 Å². The van der Waals surface area contributed by atoms with E-state index in [0.717, 1.165) is 24.8 Å². The van der Waals surface area contributed by atoms with Crippen LogP contribution in [-0.4, -0.2) is 23.9 Å². The summed E-state index contributed by atoms with van der Waals surface area (Å²) in [5.41, 5.74) is 1.56. The second-order valence-electron chi connectivity index (χ2n) is 5.52. The first kappa shape index (κ1) is 15.3. The molecule has 0 spiro atoms. The third-order valence-electron chi connectivity index (χ3n) is 3.51. The molecule has 1 unspecified atom stereocenters. The minimum Gasteiger partial charge on any atom is -0.350 e. The van der Waals surface area contributed by atoms with Gasteiger partial charge in [0.2, 0.25) is 5.91 Å². The number of amides is 2. The third kappa shape index (κ3) is 5.06. The van der Waals surface area contributed by atoms with E-state index in [-0.39, 0.29) is 17.9 Å². The number of nitrogens with one attached hydrogen (secondary N) is 2. The van der Waals surface area contributed by atoms with Crippen molar-refractivity contribution in [3.63, 3.8) is 0 Å². The van der Waals surface area contributed by atoms with Crippen molar-refractivity contribution in [2.45, 2.75) is 45.2 Å². The number of hydrogen-bond donors (Lipinski definition) is 2. The quantitative estimate of drug-likeness (QED) is 0.789. The third-order valence-corrected chi connectivity index (χ3v) is 3.51. The summed E-state index contributed by atoms with van der Waals surface area (Å²) in [6.07, 6.45) is 6.34. The molecular weight excluding hydrogens is 264 g/mol. The minimum absolute atomic E-state index is 0.0254. The van der Waals surface area contributed by atoms with Crippen molar-refractivity contribution in [1.82, 2.24) is 10.6 Å². The summed E-state index contributed by atoms with van der Waals surface area (Å²) in [7, 11) is 0. The van der Waals surface area contributed by atoms with Crippen LogP contribution < -0.4 is 10.6 Å². The first-order chi connectivity index (χ1) is 10.1. The molecule has 1 saturated carbocycles. The molecule has 1 fully saturated rings. The summed E-state index contributed by atoms with van der Waals surface area (Å²) in [6, 6.07) is 7.79. The highest BCUT2D eigenvalue weighted by atomic mass is 16.2. The first-order valence-corrected chi connectivity index (χ1v) is 7.48. The molecule has 2 amide bonds. The van der Waals surface area contributed by atoms with E-state index < -0.39 is 0 Å². The molecule has 1 aromatic rings. The van der Waals surface area contributed by atoms with Crippen LogP contribution in [-0.2, 0) is 4.79 Å². The number of benzene rings is 1. The molecule has 1 aliphatic carbocycles. The lowest BCUT2D eigenvalue weighted by atomic mass is 10.1. The fraction of sp³-hybridized carbons (Fsp3) is 0.412. The summed E-state index contributed by atoms with van der Waals surface area (Å²) in [6.45, 7) is 4.00. The van der Waals surface area contributed by atoms with E-state index in [1.807, 2.05) is 26.0 Å². The van der Waals surface area contributed by atoms with Crippen molar-refractivity contribution in [1.29, 1.82) is 0 Å². The average molecular weight is 286 g/mol. The monoisotopic (exact) mass is 286 g/mol. The number of rotatable bonds is 6. The Balaban J connectivity index is 1.89. The van der Waals surface area contributed by atoms with Crippen LogP contribution >= 0.6 is 0 Å². The van der Waals surface area contributed by atoms with E-state index >= 15 is 0 Å². The lowest BCUT2D eigenvalue weighted by Gasteiger charge is -2.08. The van der Waals surface area contributed by atoms with Gasteiger partial charge in [-0.05, 0) is 50.0 Å². The zero-order chi connectivity index (χ0) is 15.2. The molecule has 2 rings (SSSR count). The fourth-order valence-corrected chi connectivity index (χ4v) is 1.81. The van der Waals surface area contributed by atoms with E-state index in [1.165, 1.54) is 6.08 Å². The molecule has 0 bridgehead atoms. The van der Waals surface area contributed by atoms with E-state index in [2.05, 4.69) is 10.6 Å². The van der Waals surface area contributed by atoms with E-state index in [1.54, 1.807) is 18.2 Å². The Morgan fingerprint density at radius 2 is 1.95 bits per heavy atom. The Morgan fingerprint density at radius 1 is 1.29 bits per heavy atom. The van der Waals surface area contributed by atoms with Gasteiger partial charge in [-0.25, -0.2) is 0 Å². The Morgan fingerprint density at radius 3 is 2.52 bits per heavy atom. The second kappa shape index (κ2) is 7.07. The predicted octanol–water partition coefficient (Wildman–Crippen LogP) is 2.51. The van der Waals surface area contributed by atoms with Crippen molar-refractivity contribution >= 4 is 17.9 Å². The molecular formula is C17H22N2O2. The second-order valence-corrected chi connectivity index (χ2v) is 5.52. The standard InChI is InChI=1S/C17H22N2O2/c1-3-12(2)18-16(20)11-6-13-4-7-14(8-5-13)17(21)19-15-9-10-15/h4-8,11-12,15H,3,9-10H2,1-2H3,(H,18,20)(H,19,21)/b11-6+. The summed E-state index contributed by atoms with van der Waals surface area (Å²) in [4.78, 5) is 23.5. The van der Waals surface area contributed by atoms with Crippen molar-refractivity contribution in [2.75, 3.05) is 0 Å². The lowest BCUT2D eigenvalue weighted by Crippen LogP contribution is -2.30. The molecule has 0 saturated heterocycles. The Labute approximate surface area is 125 Å². The van der Waals surface area contributed by atoms with Crippen molar-refractivity contribution in [3.05, 3.63) is 41.5 Å². The van der Waals surface area contributed by atoms with Crippen LogP contribution in [0, 0.1) is 0 Å². The van der Waals surface area contributed by atoms with Crippen LogP contribution in [0.15, 0.2) is 30.3 Å². The molecule has 0 radical (unpaired) electrons. The maximum absolute atomic E-state index is 11.8. The maximum atomic E-state index is 11.8. The molecule has 2 N–H and O–H groups in total. The van der Waals surface area contributed by atoms with Crippen LogP contribution in [0.1, 0.15) is 49.0 Å². The van der Waals surface area contributed by atoms with E-state index in [9.17, 15) is 9.59 Å². The number of carbonyl (C=O) groups excluding carboxylic acids is 2. The lowest BCUT2D eigenvalue weighted by molar-refractivity contribution is -0.117. The van der Waals surface area contributed by atoms with Gasteiger partial charge in [-0.2, -0.15) is 0 Å². The van der Waals surface area contributed by atoms with Crippen molar-refractivity contribution in [3.8, 4) is 0 Å². The topological polar surface area (TPSA) is 58.2 Å². The Hall–Kier alpha value is -2.10. The summed E-state index contributed by atoms with van der Waals surface area (Å²) < 4.78 is 0. The normalized spacial score (nSPS) is 15.7. The van der Waals surface area contributed by atoms with Gasteiger partial charge in [0.1, 0.15) is 0 Å². The predicted molar refractivity (Wildman–Crippen MR) is 83.9 cm³/mol.